The molecule has 0 saturated carbocycles. The smallest absolute Gasteiger partial charge is 0.150 e. The van der Waals surface area contributed by atoms with E-state index in [1.807, 2.05) is 36.4 Å². The average molecular weight is 280 g/mol. The average Bonchev–Trinajstić information content (AvgIpc) is 2.69. The van der Waals surface area contributed by atoms with Crippen molar-refractivity contribution in [2.24, 2.45) is 5.16 Å². The summed E-state index contributed by atoms with van der Waals surface area (Å²) in [7, 11) is 0. The van der Waals surface area contributed by atoms with Gasteiger partial charge < -0.3 is 14.8 Å². The molecule has 0 radical (unpaired) electrons. The van der Waals surface area contributed by atoms with Gasteiger partial charge >= 0.3 is 0 Å². The van der Waals surface area contributed by atoms with Crippen LogP contribution in [0, 0.1) is 0 Å². The molecule has 2 aliphatic rings. The van der Waals surface area contributed by atoms with E-state index in [4.69, 9.17) is 4.74 Å². The molecule has 1 saturated heterocycles. The lowest BCUT2D eigenvalue weighted by molar-refractivity contribution is 0.313. The first-order valence-corrected chi connectivity index (χ1v) is 7.22. The molecule has 1 unspecified atom stereocenters. The molecule has 2 aliphatic heterocycles. The number of hydrogen-bond acceptors (Lipinski definition) is 4. The second-order valence-electron chi connectivity index (χ2n) is 5.40. The summed E-state index contributed by atoms with van der Waals surface area (Å²) in [6.07, 6.45) is 1.79. The van der Waals surface area contributed by atoms with Crippen LogP contribution >= 0.6 is 0 Å². The van der Waals surface area contributed by atoms with Crippen molar-refractivity contribution < 1.29 is 9.94 Å². The lowest BCUT2D eigenvalue weighted by atomic mass is 9.92. The molecule has 0 aliphatic carbocycles. The van der Waals surface area contributed by atoms with E-state index in [0.29, 0.717) is 0 Å². The third-order valence-corrected chi connectivity index (χ3v) is 4.20. The number of hydrogen-bond donors (Lipinski definition) is 1. The Labute approximate surface area is 123 Å². The molecule has 4 nitrogen and oxygen atoms in total. The van der Waals surface area contributed by atoms with Crippen LogP contribution in [0.25, 0.3) is 0 Å². The fraction of sp³-hybridized carbons (Fsp3) is 0.235. The summed E-state index contributed by atoms with van der Waals surface area (Å²) in [4.78, 5) is 2.28. The molecule has 2 aromatic carbocycles. The number of oxime groups is 1. The predicted molar refractivity (Wildman–Crippen MR) is 81.5 cm³/mol. The van der Waals surface area contributed by atoms with Crippen molar-refractivity contribution in [2.75, 3.05) is 11.4 Å². The van der Waals surface area contributed by atoms with E-state index in [1.54, 1.807) is 0 Å². The second-order valence-corrected chi connectivity index (χ2v) is 5.40. The summed E-state index contributed by atoms with van der Waals surface area (Å²) in [6, 6.07) is 16.0. The molecular formula is C17H16N2O2. The van der Waals surface area contributed by atoms with Crippen LogP contribution in [0.4, 0.5) is 5.69 Å². The number of fused-ring (bicyclic) bond motifs is 5. The second kappa shape index (κ2) is 4.81. The fourth-order valence-electron chi connectivity index (χ4n) is 3.29. The Morgan fingerprint density at radius 1 is 1.05 bits per heavy atom. The molecule has 0 bridgehead atoms. The minimum Gasteiger partial charge on any atom is -0.455 e. The van der Waals surface area contributed by atoms with Crippen molar-refractivity contribution in [3.05, 3.63) is 54.1 Å². The summed E-state index contributed by atoms with van der Waals surface area (Å²) in [5, 5.41) is 13.0. The van der Waals surface area contributed by atoms with E-state index in [9.17, 15) is 5.21 Å². The first-order chi connectivity index (χ1) is 10.4. The maximum atomic E-state index is 9.42. The van der Waals surface area contributed by atoms with E-state index in [1.165, 1.54) is 0 Å². The van der Waals surface area contributed by atoms with Crippen molar-refractivity contribution in [1.82, 2.24) is 0 Å². The minimum atomic E-state index is -0.0522. The number of rotatable bonds is 0. The molecule has 0 spiro atoms. The minimum absolute atomic E-state index is 0.0522. The van der Waals surface area contributed by atoms with E-state index in [-0.39, 0.29) is 6.04 Å². The van der Waals surface area contributed by atoms with Crippen molar-refractivity contribution >= 4 is 11.4 Å². The Morgan fingerprint density at radius 3 is 2.67 bits per heavy atom. The predicted octanol–water partition coefficient (Wildman–Crippen LogP) is 3.96. The third kappa shape index (κ3) is 1.87. The van der Waals surface area contributed by atoms with Crippen LogP contribution in [0.2, 0.25) is 0 Å². The number of anilines is 1. The number of benzene rings is 2. The lowest BCUT2D eigenvalue weighted by Gasteiger charge is -2.36. The van der Waals surface area contributed by atoms with Gasteiger partial charge in [-0.1, -0.05) is 35.5 Å². The van der Waals surface area contributed by atoms with Crippen molar-refractivity contribution in [2.45, 2.75) is 18.9 Å². The van der Waals surface area contributed by atoms with Crippen molar-refractivity contribution in [1.29, 1.82) is 0 Å². The molecule has 4 heteroatoms. The fourth-order valence-corrected chi connectivity index (χ4v) is 3.29. The summed E-state index contributed by atoms with van der Waals surface area (Å²) in [6.45, 7) is 0.929. The quantitative estimate of drug-likeness (QED) is 0.586. The summed E-state index contributed by atoms with van der Waals surface area (Å²) in [5.41, 5.74) is 2.91. The molecule has 2 aromatic rings. The van der Waals surface area contributed by atoms with Crippen LogP contribution in [0.5, 0.6) is 11.5 Å². The standard InChI is InChI=1S/C17H16N2O2/c20-18-13-7-5-11-19-14-8-2-4-10-16(14)21-15-9-3-1-6-12(15)17(13)19/h1-4,6,8-10,17,20H,5,7,11H2/b18-13+. The SMILES string of the molecule is O/N=C1\CCCN2c3ccccc3Oc3ccccc3C12. The van der Waals surface area contributed by atoms with Gasteiger partial charge in [-0.3, -0.25) is 0 Å². The number of para-hydroxylation sites is 3. The molecule has 4 rings (SSSR count). The number of nitrogens with zero attached hydrogens (tertiary/aromatic N) is 2. The first-order valence-electron chi connectivity index (χ1n) is 7.22. The number of ether oxygens (including phenoxy) is 1. The lowest BCUT2D eigenvalue weighted by Crippen LogP contribution is -2.39. The van der Waals surface area contributed by atoms with E-state index < -0.39 is 0 Å². The highest BCUT2D eigenvalue weighted by molar-refractivity contribution is 5.95. The molecular weight excluding hydrogens is 264 g/mol. The van der Waals surface area contributed by atoms with Crippen LogP contribution in [0.3, 0.4) is 0 Å². The van der Waals surface area contributed by atoms with Gasteiger partial charge in [-0.25, -0.2) is 0 Å². The zero-order valence-corrected chi connectivity index (χ0v) is 11.6. The zero-order chi connectivity index (χ0) is 14.2. The highest BCUT2D eigenvalue weighted by Crippen LogP contribution is 2.46. The van der Waals surface area contributed by atoms with Crippen LogP contribution in [-0.2, 0) is 0 Å². The maximum absolute atomic E-state index is 9.42. The largest absolute Gasteiger partial charge is 0.455 e. The maximum Gasteiger partial charge on any atom is 0.150 e. The van der Waals surface area contributed by atoms with Crippen LogP contribution in [0.1, 0.15) is 24.4 Å². The van der Waals surface area contributed by atoms with Gasteiger partial charge in [0.2, 0.25) is 0 Å². The van der Waals surface area contributed by atoms with Gasteiger partial charge in [0.05, 0.1) is 17.4 Å². The Morgan fingerprint density at radius 2 is 1.81 bits per heavy atom. The van der Waals surface area contributed by atoms with Crippen molar-refractivity contribution in [3.8, 4) is 11.5 Å². The van der Waals surface area contributed by atoms with E-state index in [2.05, 4.69) is 22.2 Å². The molecule has 1 N–H and O–H groups in total. The monoisotopic (exact) mass is 280 g/mol. The molecule has 1 atom stereocenters. The van der Waals surface area contributed by atoms with Gasteiger partial charge in [0.25, 0.3) is 0 Å². The third-order valence-electron chi connectivity index (χ3n) is 4.20. The Hall–Kier alpha value is -2.49. The molecule has 0 amide bonds. The van der Waals surface area contributed by atoms with Gasteiger partial charge in [0, 0.05) is 12.1 Å². The summed E-state index contributed by atoms with van der Waals surface area (Å²) < 4.78 is 6.11. The van der Waals surface area contributed by atoms with Crippen molar-refractivity contribution in [3.63, 3.8) is 0 Å². The van der Waals surface area contributed by atoms with Gasteiger partial charge in [0.1, 0.15) is 5.75 Å². The zero-order valence-electron chi connectivity index (χ0n) is 11.6. The summed E-state index contributed by atoms with van der Waals surface area (Å²) >= 11 is 0. The highest BCUT2D eigenvalue weighted by Gasteiger charge is 2.35. The van der Waals surface area contributed by atoms with Gasteiger partial charge in [0.15, 0.2) is 5.75 Å². The normalized spacial score (nSPS) is 21.8. The van der Waals surface area contributed by atoms with Crippen LogP contribution < -0.4 is 9.64 Å². The Balaban J connectivity index is 1.97. The Bertz CT molecular complexity index is 711. The highest BCUT2D eigenvalue weighted by atomic mass is 16.5. The Kier molecular flexibility index (Phi) is 2.81. The molecule has 1 fully saturated rings. The molecule has 0 aromatic heterocycles. The molecule has 2 heterocycles. The van der Waals surface area contributed by atoms with Gasteiger partial charge in [-0.05, 0) is 31.0 Å². The van der Waals surface area contributed by atoms with E-state index >= 15 is 0 Å². The number of piperidine rings is 1. The van der Waals surface area contributed by atoms with Crippen LogP contribution in [-0.4, -0.2) is 17.5 Å². The summed E-state index contributed by atoms with van der Waals surface area (Å²) in [5.74, 6) is 1.69. The van der Waals surface area contributed by atoms with Gasteiger partial charge in [-0.2, -0.15) is 0 Å². The van der Waals surface area contributed by atoms with E-state index in [0.717, 1.165) is 47.8 Å². The molecule has 106 valence electrons. The van der Waals surface area contributed by atoms with Crippen LogP contribution in [0.15, 0.2) is 53.7 Å². The van der Waals surface area contributed by atoms with Gasteiger partial charge in [-0.15, -0.1) is 0 Å². The topological polar surface area (TPSA) is 45.1 Å². The molecule has 21 heavy (non-hydrogen) atoms. The first kappa shape index (κ1) is 12.3.